The lowest BCUT2D eigenvalue weighted by Crippen LogP contribution is -2.22. The van der Waals surface area contributed by atoms with E-state index in [1.807, 2.05) is 66.7 Å². The van der Waals surface area contributed by atoms with Crippen LogP contribution in [0.5, 0.6) is 11.5 Å². The summed E-state index contributed by atoms with van der Waals surface area (Å²) in [7, 11) is 0. The predicted molar refractivity (Wildman–Crippen MR) is 138 cm³/mol. The van der Waals surface area contributed by atoms with Crippen molar-refractivity contribution in [2.75, 3.05) is 13.2 Å². The Labute approximate surface area is 201 Å². The molecule has 0 saturated heterocycles. The summed E-state index contributed by atoms with van der Waals surface area (Å²) in [4.78, 5) is 18.2. The molecule has 0 radical (unpaired) electrons. The average Bonchev–Trinajstić information content (AvgIpc) is 3.38. The number of benzene rings is 3. The molecule has 5 nitrogen and oxygen atoms in total. The van der Waals surface area contributed by atoms with Gasteiger partial charge in [0.25, 0.3) is 5.56 Å². The first-order chi connectivity index (χ1) is 16.6. The van der Waals surface area contributed by atoms with Gasteiger partial charge >= 0.3 is 0 Å². The second-order valence-electron chi connectivity index (χ2n) is 8.28. The van der Waals surface area contributed by atoms with E-state index in [1.165, 1.54) is 16.9 Å². The zero-order valence-corrected chi connectivity index (χ0v) is 20.0. The van der Waals surface area contributed by atoms with E-state index in [4.69, 9.17) is 9.47 Å². The zero-order valence-electron chi connectivity index (χ0n) is 19.2. The van der Waals surface area contributed by atoms with Crippen LogP contribution in [0.1, 0.15) is 37.3 Å². The van der Waals surface area contributed by atoms with Gasteiger partial charge in [0, 0.05) is 0 Å². The molecule has 5 aromatic rings. The maximum Gasteiger partial charge on any atom is 0.274 e. The monoisotopic (exact) mass is 470 g/mol. The first-order valence-electron chi connectivity index (χ1n) is 11.5. The first kappa shape index (κ1) is 22.2. The highest BCUT2D eigenvalue weighted by atomic mass is 32.1. The Bertz CT molecular complexity index is 1520. The maximum absolute atomic E-state index is 12.9. The lowest BCUT2D eigenvalue weighted by molar-refractivity contribution is 0.217. The van der Waals surface area contributed by atoms with E-state index in [2.05, 4.69) is 31.0 Å². The highest BCUT2D eigenvalue weighted by Crippen LogP contribution is 2.21. The molecule has 5 rings (SSSR count). The Morgan fingerprint density at radius 2 is 1.59 bits per heavy atom. The third kappa shape index (κ3) is 4.54. The molecular weight excluding hydrogens is 444 g/mol. The summed E-state index contributed by atoms with van der Waals surface area (Å²) < 4.78 is 13.9. The normalized spacial score (nSPS) is 12.9. The quantitative estimate of drug-likeness (QED) is 0.284. The molecule has 1 atom stereocenters. The molecule has 0 aliphatic rings. The number of rotatable bonds is 8. The van der Waals surface area contributed by atoms with Crippen molar-refractivity contribution in [2.45, 2.75) is 26.2 Å². The average molecular weight is 471 g/mol. The summed E-state index contributed by atoms with van der Waals surface area (Å²) in [6.45, 7) is 5.35. The molecule has 0 aliphatic carbocycles. The summed E-state index contributed by atoms with van der Waals surface area (Å²) in [6, 6.07) is 23.7. The SMILES string of the molecule is CC[C@H](C)c1ccc(OCCOc2ccc(/C=c3\sc4nc5ccccc5n4c3=O)cc2)cc1. The van der Waals surface area contributed by atoms with Crippen molar-refractivity contribution in [3.63, 3.8) is 0 Å². The van der Waals surface area contributed by atoms with Crippen LogP contribution < -0.4 is 19.6 Å². The van der Waals surface area contributed by atoms with Crippen molar-refractivity contribution >= 4 is 33.4 Å². The third-order valence-electron chi connectivity index (χ3n) is 6.01. The van der Waals surface area contributed by atoms with Crippen molar-refractivity contribution < 1.29 is 9.47 Å². The van der Waals surface area contributed by atoms with Crippen LogP contribution in [0.25, 0.3) is 22.1 Å². The molecule has 172 valence electrons. The summed E-state index contributed by atoms with van der Waals surface area (Å²) in [6.07, 6.45) is 3.02. The number of hydrogen-bond acceptors (Lipinski definition) is 5. The fraction of sp³-hybridized carbons (Fsp3) is 0.214. The second-order valence-corrected chi connectivity index (χ2v) is 9.29. The summed E-state index contributed by atoms with van der Waals surface area (Å²) in [5.74, 6) is 2.18. The molecule has 0 unspecified atom stereocenters. The second kappa shape index (κ2) is 9.69. The fourth-order valence-electron chi connectivity index (χ4n) is 3.87. The van der Waals surface area contributed by atoms with Crippen LogP contribution in [0.15, 0.2) is 77.6 Å². The fourth-order valence-corrected chi connectivity index (χ4v) is 4.86. The van der Waals surface area contributed by atoms with Crippen LogP contribution in [-0.2, 0) is 0 Å². The topological polar surface area (TPSA) is 52.8 Å². The molecule has 0 bridgehead atoms. The van der Waals surface area contributed by atoms with Crippen molar-refractivity contribution in [1.29, 1.82) is 0 Å². The summed E-state index contributed by atoms with van der Waals surface area (Å²) in [5.41, 5.74) is 3.91. The van der Waals surface area contributed by atoms with Crippen molar-refractivity contribution in [3.8, 4) is 11.5 Å². The lowest BCUT2D eigenvalue weighted by Gasteiger charge is -2.11. The highest BCUT2D eigenvalue weighted by Gasteiger charge is 2.10. The molecule has 3 aromatic carbocycles. The molecule has 2 aromatic heterocycles. The van der Waals surface area contributed by atoms with Gasteiger partial charge in [0.15, 0.2) is 4.96 Å². The van der Waals surface area contributed by atoms with Crippen molar-refractivity contribution in [3.05, 3.63) is 98.8 Å². The summed E-state index contributed by atoms with van der Waals surface area (Å²) >= 11 is 1.40. The molecule has 0 N–H and O–H groups in total. The minimum absolute atomic E-state index is 0.0386. The maximum atomic E-state index is 12.9. The Morgan fingerprint density at radius 3 is 2.26 bits per heavy atom. The predicted octanol–water partition coefficient (Wildman–Crippen LogP) is 5.43. The third-order valence-corrected chi connectivity index (χ3v) is 6.97. The lowest BCUT2D eigenvalue weighted by atomic mass is 9.99. The van der Waals surface area contributed by atoms with Gasteiger partial charge in [-0.2, -0.15) is 0 Å². The Balaban J connectivity index is 1.20. The number of fused-ring (bicyclic) bond motifs is 3. The van der Waals surface area contributed by atoms with Crippen LogP contribution in [-0.4, -0.2) is 22.6 Å². The van der Waals surface area contributed by atoms with E-state index in [9.17, 15) is 4.79 Å². The minimum atomic E-state index is -0.0386. The number of thiazole rings is 1. The Kier molecular flexibility index (Phi) is 6.32. The Morgan fingerprint density at radius 1 is 0.941 bits per heavy atom. The molecule has 2 heterocycles. The van der Waals surface area contributed by atoms with E-state index in [0.29, 0.717) is 28.6 Å². The van der Waals surface area contributed by atoms with Crippen molar-refractivity contribution in [1.82, 2.24) is 9.38 Å². The molecule has 0 fully saturated rings. The minimum Gasteiger partial charge on any atom is -0.490 e. The highest BCUT2D eigenvalue weighted by molar-refractivity contribution is 7.15. The van der Waals surface area contributed by atoms with Crippen LogP contribution in [0.3, 0.4) is 0 Å². The summed E-state index contributed by atoms with van der Waals surface area (Å²) in [5, 5.41) is 0. The van der Waals surface area contributed by atoms with E-state index in [-0.39, 0.29) is 5.56 Å². The van der Waals surface area contributed by atoms with Crippen molar-refractivity contribution in [2.24, 2.45) is 0 Å². The molecule has 0 amide bonds. The van der Waals surface area contributed by atoms with Gasteiger partial charge in [-0.15, -0.1) is 0 Å². The van der Waals surface area contributed by atoms with Gasteiger partial charge in [-0.1, -0.05) is 61.6 Å². The first-order valence-corrected chi connectivity index (χ1v) is 12.3. The van der Waals surface area contributed by atoms with E-state index in [0.717, 1.165) is 34.5 Å². The van der Waals surface area contributed by atoms with Crippen LogP contribution >= 0.6 is 11.3 Å². The van der Waals surface area contributed by atoms with Crippen LogP contribution in [0.4, 0.5) is 0 Å². The number of nitrogens with zero attached hydrogens (tertiary/aromatic N) is 2. The zero-order chi connectivity index (χ0) is 23.5. The number of hydrogen-bond donors (Lipinski definition) is 0. The van der Waals surface area contributed by atoms with Gasteiger partial charge in [-0.25, -0.2) is 9.38 Å². The molecule has 0 saturated carbocycles. The van der Waals surface area contributed by atoms with Gasteiger partial charge < -0.3 is 9.47 Å². The number of imidazole rings is 1. The van der Waals surface area contributed by atoms with Gasteiger partial charge in [-0.3, -0.25) is 4.79 Å². The van der Waals surface area contributed by atoms with Gasteiger partial charge in [-0.05, 0) is 65.9 Å². The van der Waals surface area contributed by atoms with Crippen LogP contribution in [0, 0.1) is 0 Å². The smallest absolute Gasteiger partial charge is 0.274 e. The van der Waals surface area contributed by atoms with E-state index in [1.54, 1.807) is 4.40 Å². The van der Waals surface area contributed by atoms with E-state index < -0.39 is 0 Å². The van der Waals surface area contributed by atoms with Gasteiger partial charge in [0.1, 0.15) is 24.7 Å². The Hall–Kier alpha value is -3.64. The standard InChI is InChI=1S/C28H26N2O3S/c1-3-19(2)21-10-14-23(15-11-21)33-17-16-32-22-12-8-20(9-13-22)18-26-27(31)30-25-7-5-4-6-24(25)29-28(30)34-26/h4-15,18-19H,3,16-17H2,1-2H3/b26-18-/t19-/m0/s1. The largest absolute Gasteiger partial charge is 0.490 e. The number of ether oxygens (including phenoxy) is 2. The molecule has 0 aliphatic heterocycles. The number of para-hydroxylation sites is 2. The van der Waals surface area contributed by atoms with Gasteiger partial charge in [0.2, 0.25) is 0 Å². The van der Waals surface area contributed by atoms with E-state index >= 15 is 0 Å². The van der Waals surface area contributed by atoms with Gasteiger partial charge in [0.05, 0.1) is 15.6 Å². The molecule has 0 spiro atoms. The van der Waals surface area contributed by atoms with Crippen LogP contribution in [0.2, 0.25) is 0 Å². The molecule has 34 heavy (non-hydrogen) atoms. The number of aromatic nitrogens is 2. The molecule has 6 heteroatoms. The molecular formula is C28H26N2O3S.